The van der Waals surface area contributed by atoms with Crippen LogP contribution in [0, 0.1) is 0 Å². The monoisotopic (exact) mass is 358 g/mol. The van der Waals surface area contributed by atoms with E-state index in [1.54, 1.807) is 27.5 Å². The zero-order valence-electron chi connectivity index (χ0n) is 15.5. The largest absolute Gasteiger partial charge is 0.497 e. The third-order valence-electron chi connectivity index (χ3n) is 4.46. The second-order valence-corrected chi connectivity index (χ2v) is 6.15. The molecule has 26 heavy (non-hydrogen) atoms. The molecule has 2 aromatic rings. The van der Waals surface area contributed by atoms with Crippen LogP contribution in [0.3, 0.4) is 0 Å². The number of anilines is 1. The highest BCUT2D eigenvalue weighted by Crippen LogP contribution is 2.30. The number of methoxy groups -OCH3 is 2. The van der Waals surface area contributed by atoms with Crippen LogP contribution in [-0.4, -0.2) is 56.6 Å². The van der Waals surface area contributed by atoms with Crippen molar-refractivity contribution in [2.24, 2.45) is 4.99 Å². The van der Waals surface area contributed by atoms with E-state index in [0.717, 1.165) is 48.4 Å². The summed E-state index contributed by atoms with van der Waals surface area (Å²) in [6, 6.07) is 8.22. The number of nitrogens with one attached hydrogen (secondary N) is 3. The summed E-state index contributed by atoms with van der Waals surface area (Å²) in [7, 11) is 5.12. The average molecular weight is 358 g/mol. The van der Waals surface area contributed by atoms with Crippen LogP contribution >= 0.6 is 0 Å². The van der Waals surface area contributed by atoms with Crippen LogP contribution in [0.2, 0.25) is 0 Å². The van der Waals surface area contributed by atoms with Crippen molar-refractivity contribution in [2.45, 2.75) is 19.0 Å². The van der Waals surface area contributed by atoms with Crippen LogP contribution in [-0.2, 0) is 6.54 Å². The normalized spacial score (nSPS) is 17.3. The molecular weight excluding hydrogens is 332 g/mol. The molecule has 1 fully saturated rings. The van der Waals surface area contributed by atoms with E-state index in [9.17, 15) is 0 Å². The Morgan fingerprint density at radius 1 is 1.31 bits per heavy atom. The summed E-state index contributed by atoms with van der Waals surface area (Å²) >= 11 is 0. The molecule has 1 unspecified atom stereocenters. The zero-order chi connectivity index (χ0) is 18.4. The van der Waals surface area contributed by atoms with Gasteiger partial charge in [0.05, 0.1) is 26.5 Å². The molecule has 3 rings (SSSR count). The second-order valence-electron chi connectivity index (χ2n) is 6.15. The Morgan fingerprint density at radius 3 is 2.69 bits per heavy atom. The standard InChI is InChI=1S/C18H26N6O2/c1-19-18(20-11-13-4-6-21-23-13)22-14-5-7-24(12-14)15-8-16(25-2)10-17(9-15)26-3/h4,6,8-10,14H,5,7,11-12H2,1-3H3,(H,21,23)(H2,19,20,22). The highest BCUT2D eigenvalue weighted by molar-refractivity contribution is 5.80. The molecule has 1 aromatic heterocycles. The van der Waals surface area contributed by atoms with Crippen LogP contribution in [0.15, 0.2) is 35.5 Å². The minimum absolute atomic E-state index is 0.320. The first-order valence-electron chi connectivity index (χ1n) is 8.65. The number of nitrogens with zero attached hydrogens (tertiary/aromatic N) is 3. The van der Waals surface area contributed by atoms with Gasteiger partial charge in [-0.15, -0.1) is 0 Å². The summed E-state index contributed by atoms with van der Waals surface area (Å²) in [5, 5.41) is 13.7. The molecule has 0 amide bonds. The molecule has 0 saturated carbocycles. The fourth-order valence-electron chi connectivity index (χ4n) is 3.04. The van der Waals surface area contributed by atoms with Gasteiger partial charge in [-0.05, 0) is 12.5 Å². The Hall–Kier alpha value is -2.90. The highest BCUT2D eigenvalue weighted by atomic mass is 16.5. The molecule has 140 valence electrons. The molecule has 2 heterocycles. The fraction of sp³-hybridized carbons (Fsp3) is 0.444. The van der Waals surface area contributed by atoms with Gasteiger partial charge in [0.25, 0.3) is 0 Å². The van der Waals surface area contributed by atoms with Crippen LogP contribution in [0.1, 0.15) is 12.1 Å². The minimum Gasteiger partial charge on any atom is -0.497 e. The highest BCUT2D eigenvalue weighted by Gasteiger charge is 2.24. The van der Waals surface area contributed by atoms with Crippen LogP contribution in [0.5, 0.6) is 11.5 Å². The van der Waals surface area contributed by atoms with Crippen molar-refractivity contribution in [2.75, 3.05) is 39.3 Å². The number of aliphatic imine (C=N–C) groups is 1. The van der Waals surface area contributed by atoms with E-state index in [2.05, 4.69) is 30.7 Å². The van der Waals surface area contributed by atoms with E-state index in [0.29, 0.717) is 12.6 Å². The Morgan fingerprint density at radius 2 is 2.08 bits per heavy atom. The van der Waals surface area contributed by atoms with E-state index in [4.69, 9.17) is 9.47 Å². The number of hydrogen-bond acceptors (Lipinski definition) is 5. The van der Waals surface area contributed by atoms with Gasteiger partial charge < -0.3 is 25.0 Å². The maximum Gasteiger partial charge on any atom is 0.191 e. The first kappa shape index (κ1) is 17.9. The van der Waals surface area contributed by atoms with Crippen molar-refractivity contribution in [3.8, 4) is 11.5 Å². The van der Waals surface area contributed by atoms with Crippen molar-refractivity contribution in [1.29, 1.82) is 0 Å². The van der Waals surface area contributed by atoms with Gasteiger partial charge >= 0.3 is 0 Å². The van der Waals surface area contributed by atoms with Gasteiger partial charge in [0.15, 0.2) is 5.96 Å². The molecule has 0 radical (unpaired) electrons. The Labute approximate surface area is 153 Å². The molecule has 1 aliphatic rings. The number of ether oxygens (including phenoxy) is 2. The summed E-state index contributed by atoms with van der Waals surface area (Å²) < 4.78 is 10.7. The van der Waals surface area contributed by atoms with Crippen molar-refractivity contribution in [3.05, 3.63) is 36.2 Å². The number of guanidine groups is 1. The maximum absolute atomic E-state index is 5.37. The van der Waals surface area contributed by atoms with Crippen molar-refractivity contribution < 1.29 is 9.47 Å². The van der Waals surface area contributed by atoms with Crippen LogP contribution < -0.4 is 25.0 Å². The number of H-pyrrole nitrogens is 1. The number of aromatic nitrogens is 2. The van der Waals surface area contributed by atoms with Gasteiger partial charge in [0, 0.05) is 56.3 Å². The SMILES string of the molecule is CN=C(NCc1ccn[nH]1)NC1CCN(c2cc(OC)cc(OC)c2)C1. The topological polar surface area (TPSA) is 86.8 Å². The smallest absolute Gasteiger partial charge is 0.191 e. The quantitative estimate of drug-likeness (QED) is 0.534. The number of rotatable bonds is 6. The summed E-state index contributed by atoms with van der Waals surface area (Å²) in [5.41, 5.74) is 2.12. The van der Waals surface area contributed by atoms with E-state index >= 15 is 0 Å². The summed E-state index contributed by atoms with van der Waals surface area (Å²) in [4.78, 5) is 6.63. The van der Waals surface area contributed by atoms with Crippen LogP contribution in [0.4, 0.5) is 5.69 Å². The molecule has 1 aliphatic heterocycles. The zero-order valence-corrected chi connectivity index (χ0v) is 15.5. The molecular formula is C18H26N6O2. The molecule has 0 aliphatic carbocycles. The van der Waals surface area contributed by atoms with Crippen LogP contribution in [0.25, 0.3) is 0 Å². The molecule has 1 saturated heterocycles. The molecule has 8 heteroatoms. The van der Waals surface area contributed by atoms with E-state index in [-0.39, 0.29) is 0 Å². The Bertz CT molecular complexity index is 709. The number of aromatic amines is 1. The van der Waals surface area contributed by atoms with E-state index in [1.165, 1.54) is 0 Å². The van der Waals surface area contributed by atoms with Gasteiger partial charge in [-0.25, -0.2) is 0 Å². The third kappa shape index (κ3) is 4.38. The molecule has 0 bridgehead atoms. The van der Waals surface area contributed by atoms with E-state index < -0.39 is 0 Å². The lowest BCUT2D eigenvalue weighted by Gasteiger charge is -2.21. The van der Waals surface area contributed by atoms with Gasteiger partial charge in [0.2, 0.25) is 0 Å². The molecule has 1 aromatic carbocycles. The summed E-state index contributed by atoms with van der Waals surface area (Å²) in [6.07, 6.45) is 2.77. The van der Waals surface area contributed by atoms with Crippen molar-refractivity contribution in [3.63, 3.8) is 0 Å². The Balaban J connectivity index is 1.57. The predicted octanol–water partition coefficient (Wildman–Crippen LogP) is 1.37. The lowest BCUT2D eigenvalue weighted by molar-refractivity contribution is 0.394. The average Bonchev–Trinajstić information content (AvgIpc) is 3.36. The van der Waals surface area contributed by atoms with Gasteiger partial charge in [-0.1, -0.05) is 0 Å². The molecule has 0 spiro atoms. The van der Waals surface area contributed by atoms with Crippen molar-refractivity contribution >= 4 is 11.6 Å². The van der Waals surface area contributed by atoms with E-state index in [1.807, 2.05) is 24.3 Å². The molecule has 3 N–H and O–H groups in total. The lowest BCUT2D eigenvalue weighted by Crippen LogP contribution is -2.44. The summed E-state index contributed by atoms with van der Waals surface area (Å²) in [5.74, 6) is 2.38. The molecule has 1 atom stereocenters. The predicted molar refractivity (Wildman–Crippen MR) is 102 cm³/mol. The number of hydrogen-bond donors (Lipinski definition) is 3. The molecule has 8 nitrogen and oxygen atoms in total. The second kappa shape index (κ2) is 8.46. The minimum atomic E-state index is 0.320. The van der Waals surface area contributed by atoms with Crippen molar-refractivity contribution in [1.82, 2.24) is 20.8 Å². The lowest BCUT2D eigenvalue weighted by atomic mass is 10.2. The third-order valence-corrected chi connectivity index (χ3v) is 4.46. The van der Waals surface area contributed by atoms with Gasteiger partial charge in [0.1, 0.15) is 11.5 Å². The maximum atomic E-state index is 5.37. The Kier molecular flexibility index (Phi) is 5.83. The first-order chi connectivity index (χ1) is 12.7. The fourth-order valence-corrected chi connectivity index (χ4v) is 3.04. The first-order valence-corrected chi connectivity index (χ1v) is 8.65. The van der Waals surface area contributed by atoms with Gasteiger partial charge in [-0.2, -0.15) is 5.10 Å². The number of benzene rings is 1. The van der Waals surface area contributed by atoms with Gasteiger partial charge in [-0.3, -0.25) is 10.1 Å². The summed E-state index contributed by atoms with van der Waals surface area (Å²) in [6.45, 7) is 2.51.